The number of halogens is 1. The minimum Gasteiger partial charge on any atom is -0.353 e. The van der Waals surface area contributed by atoms with Gasteiger partial charge in [0, 0.05) is 32.4 Å². The molecule has 1 saturated heterocycles. The Labute approximate surface area is 114 Å². The van der Waals surface area contributed by atoms with Gasteiger partial charge in [0.25, 0.3) is 0 Å². The Hall–Kier alpha value is -1.61. The zero-order chi connectivity index (χ0) is 13.0. The first kappa shape index (κ1) is 12.8. The quantitative estimate of drug-likeness (QED) is 0.765. The Balaban J connectivity index is 1.97. The van der Waals surface area contributed by atoms with Crippen molar-refractivity contribution < 1.29 is 4.79 Å². The van der Waals surface area contributed by atoms with E-state index in [1.54, 1.807) is 12.3 Å². The molecule has 2 heterocycles. The van der Waals surface area contributed by atoms with Crippen LogP contribution in [0.15, 0.2) is 18.3 Å². The van der Waals surface area contributed by atoms with E-state index in [9.17, 15) is 4.79 Å². The number of nitriles is 1. The Kier molecular flexibility index (Phi) is 4.15. The van der Waals surface area contributed by atoms with Crippen LogP contribution >= 0.6 is 15.9 Å². The van der Waals surface area contributed by atoms with Crippen molar-refractivity contribution in [3.05, 3.63) is 23.9 Å². The molecule has 0 atom stereocenters. The number of hydrogen-bond acceptors (Lipinski definition) is 4. The molecule has 2 rings (SSSR count). The number of hydrogen-bond donors (Lipinski definition) is 0. The largest absolute Gasteiger partial charge is 0.353 e. The second kappa shape index (κ2) is 5.83. The van der Waals surface area contributed by atoms with Gasteiger partial charge < -0.3 is 9.80 Å². The highest BCUT2D eigenvalue weighted by Crippen LogP contribution is 2.14. The molecule has 1 fully saturated rings. The van der Waals surface area contributed by atoms with E-state index in [1.807, 2.05) is 17.0 Å². The highest BCUT2D eigenvalue weighted by atomic mass is 79.9. The summed E-state index contributed by atoms with van der Waals surface area (Å²) >= 11 is 3.18. The number of aromatic nitrogens is 1. The average Bonchev–Trinajstić information content (AvgIpc) is 2.47. The molecule has 0 unspecified atom stereocenters. The van der Waals surface area contributed by atoms with Gasteiger partial charge in [0.2, 0.25) is 5.91 Å². The SMILES string of the molecule is N#Cc1ccc(N2CCN(C(=O)CBr)CC2)nc1. The van der Waals surface area contributed by atoms with E-state index in [0.29, 0.717) is 24.0 Å². The molecule has 1 aromatic rings. The van der Waals surface area contributed by atoms with Crippen LogP contribution in [0.25, 0.3) is 0 Å². The number of rotatable bonds is 2. The fourth-order valence-electron chi connectivity index (χ4n) is 1.91. The minimum absolute atomic E-state index is 0.127. The fraction of sp³-hybridized carbons (Fsp3) is 0.417. The first-order valence-corrected chi connectivity index (χ1v) is 6.81. The van der Waals surface area contributed by atoms with E-state index in [4.69, 9.17) is 5.26 Å². The van der Waals surface area contributed by atoms with E-state index in [0.717, 1.165) is 18.9 Å². The lowest BCUT2D eigenvalue weighted by molar-refractivity contribution is -0.128. The summed E-state index contributed by atoms with van der Waals surface area (Å²) in [6.45, 7) is 2.98. The first-order valence-electron chi connectivity index (χ1n) is 5.69. The normalized spacial score (nSPS) is 15.3. The number of pyridine rings is 1. The number of nitrogens with zero attached hydrogens (tertiary/aromatic N) is 4. The van der Waals surface area contributed by atoms with Crippen LogP contribution in [0.4, 0.5) is 5.82 Å². The summed E-state index contributed by atoms with van der Waals surface area (Å²) in [5, 5.41) is 9.09. The van der Waals surface area contributed by atoms with Gasteiger partial charge in [0.15, 0.2) is 0 Å². The molecule has 0 aliphatic carbocycles. The molecule has 0 spiro atoms. The second-order valence-corrected chi connectivity index (χ2v) is 4.58. The lowest BCUT2D eigenvalue weighted by Gasteiger charge is -2.35. The van der Waals surface area contributed by atoms with Crippen LogP contribution in [-0.4, -0.2) is 47.3 Å². The van der Waals surface area contributed by atoms with E-state index < -0.39 is 0 Å². The second-order valence-electron chi connectivity index (χ2n) is 4.02. The van der Waals surface area contributed by atoms with Crippen molar-refractivity contribution >= 4 is 27.7 Å². The van der Waals surface area contributed by atoms with E-state index in [2.05, 4.69) is 25.8 Å². The molecule has 1 aliphatic rings. The third-order valence-electron chi connectivity index (χ3n) is 2.95. The molecule has 0 N–H and O–H groups in total. The van der Waals surface area contributed by atoms with E-state index >= 15 is 0 Å². The topological polar surface area (TPSA) is 60.2 Å². The lowest BCUT2D eigenvalue weighted by atomic mass is 10.2. The van der Waals surface area contributed by atoms with Crippen LogP contribution in [0.2, 0.25) is 0 Å². The highest BCUT2D eigenvalue weighted by Gasteiger charge is 2.20. The molecule has 0 radical (unpaired) electrons. The molecule has 1 aromatic heterocycles. The number of carbonyl (C=O) groups is 1. The van der Waals surface area contributed by atoms with Crippen LogP contribution in [0.5, 0.6) is 0 Å². The predicted octanol–water partition coefficient (Wildman–Crippen LogP) is 0.997. The molecular weight excluding hydrogens is 296 g/mol. The monoisotopic (exact) mass is 308 g/mol. The molecule has 6 heteroatoms. The minimum atomic E-state index is 0.127. The molecule has 5 nitrogen and oxygen atoms in total. The number of alkyl halides is 1. The maximum Gasteiger partial charge on any atom is 0.233 e. The maximum atomic E-state index is 11.5. The number of anilines is 1. The molecule has 18 heavy (non-hydrogen) atoms. The van der Waals surface area contributed by atoms with Crippen LogP contribution in [0, 0.1) is 11.3 Å². The van der Waals surface area contributed by atoms with Crippen molar-refractivity contribution in [1.29, 1.82) is 5.26 Å². The molecule has 94 valence electrons. The van der Waals surface area contributed by atoms with Crippen molar-refractivity contribution in [1.82, 2.24) is 9.88 Å². The maximum absolute atomic E-state index is 11.5. The number of piperazine rings is 1. The number of carbonyl (C=O) groups excluding carboxylic acids is 1. The Morgan fingerprint density at radius 2 is 2.11 bits per heavy atom. The Morgan fingerprint density at radius 3 is 2.61 bits per heavy atom. The molecule has 0 aromatic carbocycles. The third kappa shape index (κ3) is 2.79. The summed E-state index contributed by atoms with van der Waals surface area (Å²) in [4.78, 5) is 19.7. The van der Waals surface area contributed by atoms with E-state index in [-0.39, 0.29) is 5.91 Å². The van der Waals surface area contributed by atoms with Gasteiger partial charge in [-0.1, -0.05) is 15.9 Å². The van der Waals surface area contributed by atoms with Gasteiger partial charge in [-0.3, -0.25) is 4.79 Å². The Morgan fingerprint density at radius 1 is 1.39 bits per heavy atom. The zero-order valence-corrected chi connectivity index (χ0v) is 11.4. The lowest BCUT2D eigenvalue weighted by Crippen LogP contribution is -2.49. The van der Waals surface area contributed by atoms with Crippen LogP contribution in [0.1, 0.15) is 5.56 Å². The van der Waals surface area contributed by atoms with Crippen LogP contribution in [-0.2, 0) is 4.79 Å². The highest BCUT2D eigenvalue weighted by molar-refractivity contribution is 9.09. The predicted molar refractivity (Wildman–Crippen MR) is 71.5 cm³/mol. The van der Waals surface area contributed by atoms with E-state index in [1.165, 1.54) is 0 Å². The molecule has 0 bridgehead atoms. The van der Waals surface area contributed by atoms with Crippen LogP contribution in [0.3, 0.4) is 0 Å². The fourth-order valence-corrected chi connectivity index (χ4v) is 2.26. The third-order valence-corrected chi connectivity index (χ3v) is 3.43. The number of amides is 1. The van der Waals surface area contributed by atoms with Crippen molar-refractivity contribution in [2.75, 3.05) is 36.4 Å². The Bertz CT molecular complexity index is 460. The summed E-state index contributed by atoms with van der Waals surface area (Å²) in [5.41, 5.74) is 0.562. The summed E-state index contributed by atoms with van der Waals surface area (Å²) < 4.78 is 0. The summed E-state index contributed by atoms with van der Waals surface area (Å²) in [6, 6.07) is 5.66. The molecule has 1 amide bonds. The van der Waals surface area contributed by atoms with Crippen LogP contribution < -0.4 is 4.90 Å². The van der Waals surface area contributed by atoms with Gasteiger partial charge in [-0.15, -0.1) is 0 Å². The molecular formula is C12H13BrN4O. The van der Waals surface area contributed by atoms with Gasteiger partial charge in [-0.05, 0) is 12.1 Å². The van der Waals surface area contributed by atoms with Gasteiger partial charge in [-0.25, -0.2) is 4.98 Å². The van der Waals surface area contributed by atoms with Crippen molar-refractivity contribution in [3.8, 4) is 6.07 Å². The standard InChI is InChI=1S/C12H13BrN4O/c13-7-12(18)17-5-3-16(4-6-17)11-2-1-10(8-14)9-15-11/h1-2,9H,3-7H2. The van der Waals surface area contributed by atoms with Gasteiger partial charge >= 0.3 is 0 Å². The van der Waals surface area contributed by atoms with Crippen molar-refractivity contribution in [2.24, 2.45) is 0 Å². The molecule has 0 saturated carbocycles. The van der Waals surface area contributed by atoms with Gasteiger partial charge in [-0.2, -0.15) is 5.26 Å². The van der Waals surface area contributed by atoms with Gasteiger partial charge in [0.1, 0.15) is 11.9 Å². The summed E-state index contributed by atoms with van der Waals surface area (Å²) in [6.07, 6.45) is 1.57. The summed E-state index contributed by atoms with van der Waals surface area (Å²) in [7, 11) is 0. The van der Waals surface area contributed by atoms with Crippen molar-refractivity contribution in [2.45, 2.75) is 0 Å². The average molecular weight is 309 g/mol. The first-order chi connectivity index (χ1) is 8.74. The summed E-state index contributed by atoms with van der Waals surface area (Å²) in [5.74, 6) is 0.988. The van der Waals surface area contributed by atoms with Crippen molar-refractivity contribution in [3.63, 3.8) is 0 Å². The zero-order valence-electron chi connectivity index (χ0n) is 9.84. The smallest absolute Gasteiger partial charge is 0.233 e. The van der Waals surface area contributed by atoms with Gasteiger partial charge in [0.05, 0.1) is 10.9 Å². The molecule has 1 aliphatic heterocycles.